The van der Waals surface area contributed by atoms with Crippen molar-refractivity contribution in [2.24, 2.45) is 0 Å². The second-order valence-corrected chi connectivity index (χ2v) is 6.32. The van der Waals surface area contributed by atoms with Crippen LogP contribution in [-0.2, 0) is 13.1 Å². The molecule has 1 aromatic heterocycles. The van der Waals surface area contributed by atoms with E-state index in [1.54, 1.807) is 0 Å². The van der Waals surface area contributed by atoms with Crippen LogP contribution in [0.5, 0.6) is 0 Å². The number of nitrogens with zero attached hydrogens (tertiary/aromatic N) is 4. The smallest absolute Gasteiger partial charge is 0.147 e. The molecule has 122 valence electrons. The average Bonchev–Trinajstić information content (AvgIpc) is 3.27. The minimum absolute atomic E-state index is 0.122. The summed E-state index contributed by atoms with van der Waals surface area (Å²) in [7, 11) is 0. The molecule has 5 nitrogen and oxygen atoms in total. The summed E-state index contributed by atoms with van der Waals surface area (Å²) in [6, 6.07) is 3.26. The van der Waals surface area contributed by atoms with E-state index in [4.69, 9.17) is 0 Å². The molecule has 23 heavy (non-hydrogen) atoms. The Morgan fingerprint density at radius 1 is 1.22 bits per heavy atom. The summed E-state index contributed by atoms with van der Waals surface area (Å²) in [6.45, 7) is 2.41. The lowest BCUT2D eigenvalue weighted by Gasteiger charge is -2.29. The van der Waals surface area contributed by atoms with Crippen LogP contribution >= 0.6 is 0 Å². The molecule has 1 aromatic carbocycles. The highest BCUT2D eigenvalue weighted by Crippen LogP contribution is 2.39. The summed E-state index contributed by atoms with van der Waals surface area (Å²) in [4.78, 5) is 2.02. The zero-order valence-corrected chi connectivity index (χ0v) is 12.6. The molecule has 0 bridgehead atoms. The quantitative estimate of drug-likeness (QED) is 0.936. The van der Waals surface area contributed by atoms with Gasteiger partial charge < -0.3 is 9.67 Å². The molecule has 1 fully saturated rings. The molecule has 1 saturated carbocycles. The highest BCUT2D eigenvalue weighted by atomic mass is 19.1. The molecular formula is C16H18F2N4O. The van der Waals surface area contributed by atoms with Gasteiger partial charge in [0.1, 0.15) is 23.3 Å². The third-order valence-corrected chi connectivity index (χ3v) is 4.56. The van der Waals surface area contributed by atoms with Gasteiger partial charge in [0.05, 0.1) is 12.6 Å². The Morgan fingerprint density at radius 2 is 2.04 bits per heavy atom. The van der Waals surface area contributed by atoms with Crippen LogP contribution in [-0.4, -0.2) is 37.9 Å². The Hall–Kier alpha value is -1.86. The van der Waals surface area contributed by atoms with Gasteiger partial charge >= 0.3 is 0 Å². The highest BCUT2D eigenvalue weighted by molar-refractivity contribution is 5.21. The zero-order chi connectivity index (χ0) is 16.0. The van der Waals surface area contributed by atoms with Crippen molar-refractivity contribution in [1.82, 2.24) is 19.7 Å². The van der Waals surface area contributed by atoms with E-state index in [1.165, 1.54) is 18.9 Å². The molecule has 1 aliphatic heterocycles. The SMILES string of the molecule is O[C@H](CN1CCn2c(nnc2C2CC2)C1)c1ccc(F)cc1F. The largest absolute Gasteiger partial charge is 0.387 e. The summed E-state index contributed by atoms with van der Waals surface area (Å²) >= 11 is 0. The first-order chi connectivity index (χ1) is 11.1. The second-order valence-electron chi connectivity index (χ2n) is 6.32. The zero-order valence-electron chi connectivity index (χ0n) is 12.6. The van der Waals surface area contributed by atoms with Gasteiger partial charge in [0.2, 0.25) is 0 Å². The molecule has 0 unspecified atom stereocenters. The summed E-state index contributed by atoms with van der Waals surface area (Å²) < 4.78 is 28.9. The molecule has 7 heteroatoms. The molecule has 0 spiro atoms. The maximum Gasteiger partial charge on any atom is 0.147 e. The fourth-order valence-electron chi connectivity index (χ4n) is 3.14. The van der Waals surface area contributed by atoms with E-state index in [2.05, 4.69) is 14.8 Å². The first-order valence-electron chi connectivity index (χ1n) is 7.89. The first-order valence-corrected chi connectivity index (χ1v) is 7.89. The fourth-order valence-corrected chi connectivity index (χ4v) is 3.14. The van der Waals surface area contributed by atoms with E-state index in [-0.39, 0.29) is 12.1 Å². The monoisotopic (exact) mass is 320 g/mol. The first kappa shape index (κ1) is 14.7. The van der Waals surface area contributed by atoms with E-state index in [0.717, 1.165) is 36.9 Å². The van der Waals surface area contributed by atoms with Gasteiger partial charge in [0, 0.05) is 37.2 Å². The van der Waals surface area contributed by atoms with Gasteiger partial charge in [-0.15, -0.1) is 10.2 Å². The van der Waals surface area contributed by atoms with Crippen LogP contribution in [0.2, 0.25) is 0 Å². The molecule has 2 heterocycles. The van der Waals surface area contributed by atoms with Crippen LogP contribution in [0.4, 0.5) is 8.78 Å². The normalized spacial score (nSPS) is 19.6. The molecule has 1 N–H and O–H groups in total. The molecule has 0 saturated heterocycles. The highest BCUT2D eigenvalue weighted by Gasteiger charge is 2.32. The molecular weight excluding hydrogens is 302 g/mol. The van der Waals surface area contributed by atoms with E-state index < -0.39 is 17.7 Å². The number of hydrogen-bond donors (Lipinski definition) is 1. The lowest BCUT2D eigenvalue weighted by Crippen LogP contribution is -2.37. The Balaban J connectivity index is 1.45. The minimum atomic E-state index is -0.993. The van der Waals surface area contributed by atoms with Crippen molar-refractivity contribution in [3.05, 3.63) is 47.0 Å². The lowest BCUT2D eigenvalue weighted by molar-refractivity contribution is 0.0933. The number of rotatable bonds is 4. The number of fused-ring (bicyclic) bond motifs is 1. The average molecular weight is 320 g/mol. The van der Waals surface area contributed by atoms with Crippen LogP contribution < -0.4 is 0 Å². The molecule has 1 aliphatic carbocycles. The molecule has 1 atom stereocenters. The third-order valence-electron chi connectivity index (χ3n) is 4.56. The summed E-state index contributed by atoms with van der Waals surface area (Å²) in [5.74, 6) is 1.17. The van der Waals surface area contributed by atoms with Crippen molar-refractivity contribution in [1.29, 1.82) is 0 Å². The predicted octanol–water partition coefficient (Wildman–Crippen LogP) is 1.98. The molecule has 2 aliphatic rings. The van der Waals surface area contributed by atoms with Gasteiger partial charge in [-0.05, 0) is 18.9 Å². The number of β-amino-alcohol motifs (C(OH)–C–C–N with tert-alkyl or cyclic N) is 1. The summed E-state index contributed by atoms with van der Waals surface area (Å²) in [6.07, 6.45) is 1.38. The second kappa shape index (κ2) is 5.65. The predicted molar refractivity (Wildman–Crippen MR) is 78.6 cm³/mol. The van der Waals surface area contributed by atoms with Crippen molar-refractivity contribution in [2.45, 2.75) is 38.0 Å². The van der Waals surface area contributed by atoms with Gasteiger partial charge in [-0.2, -0.15) is 0 Å². The number of aromatic nitrogens is 3. The number of aliphatic hydroxyl groups excluding tert-OH is 1. The molecule has 0 amide bonds. The van der Waals surface area contributed by atoms with Gasteiger partial charge in [0.15, 0.2) is 0 Å². The van der Waals surface area contributed by atoms with E-state index in [1.807, 2.05) is 4.90 Å². The van der Waals surface area contributed by atoms with Gasteiger partial charge in [-0.25, -0.2) is 8.78 Å². The molecule has 4 rings (SSSR count). The van der Waals surface area contributed by atoms with Crippen molar-refractivity contribution in [3.8, 4) is 0 Å². The minimum Gasteiger partial charge on any atom is -0.387 e. The lowest BCUT2D eigenvalue weighted by atomic mass is 10.1. The number of benzene rings is 1. The number of hydrogen-bond acceptors (Lipinski definition) is 4. The van der Waals surface area contributed by atoms with Gasteiger partial charge in [-0.1, -0.05) is 6.07 Å². The fraction of sp³-hybridized carbons (Fsp3) is 0.500. The van der Waals surface area contributed by atoms with Crippen molar-refractivity contribution in [2.75, 3.05) is 13.1 Å². The van der Waals surface area contributed by atoms with Crippen molar-refractivity contribution >= 4 is 0 Å². The van der Waals surface area contributed by atoms with E-state index in [0.29, 0.717) is 12.5 Å². The van der Waals surface area contributed by atoms with Crippen LogP contribution in [0, 0.1) is 11.6 Å². The van der Waals surface area contributed by atoms with Crippen molar-refractivity contribution in [3.63, 3.8) is 0 Å². The van der Waals surface area contributed by atoms with E-state index in [9.17, 15) is 13.9 Å². The van der Waals surface area contributed by atoms with Gasteiger partial charge in [0.25, 0.3) is 0 Å². The van der Waals surface area contributed by atoms with Crippen molar-refractivity contribution < 1.29 is 13.9 Å². The number of halogens is 2. The Morgan fingerprint density at radius 3 is 2.78 bits per heavy atom. The van der Waals surface area contributed by atoms with Crippen LogP contribution in [0.25, 0.3) is 0 Å². The Kier molecular flexibility index (Phi) is 3.61. The maximum absolute atomic E-state index is 13.7. The van der Waals surface area contributed by atoms with Gasteiger partial charge in [-0.3, -0.25) is 4.90 Å². The standard InChI is InChI=1S/C16H18F2N4O/c17-11-3-4-12(13(18)7-11)14(23)8-21-5-6-22-15(9-21)19-20-16(22)10-1-2-10/h3-4,7,10,14,23H,1-2,5-6,8-9H2/t14-/m1/s1. The molecule has 2 aromatic rings. The maximum atomic E-state index is 13.7. The summed E-state index contributed by atoms with van der Waals surface area (Å²) in [5, 5.41) is 18.8. The topological polar surface area (TPSA) is 54.2 Å². The summed E-state index contributed by atoms with van der Waals surface area (Å²) in [5.41, 5.74) is 0.122. The van der Waals surface area contributed by atoms with Crippen LogP contribution in [0.15, 0.2) is 18.2 Å². The van der Waals surface area contributed by atoms with Crippen LogP contribution in [0.1, 0.15) is 42.1 Å². The van der Waals surface area contributed by atoms with E-state index >= 15 is 0 Å². The Bertz CT molecular complexity index is 729. The molecule has 0 radical (unpaired) electrons. The van der Waals surface area contributed by atoms with Crippen LogP contribution in [0.3, 0.4) is 0 Å². The number of aliphatic hydroxyl groups is 1. The Labute approximate surface area is 132 Å². The third kappa shape index (κ3) is 2.86.